The molecule has 2 rings (SSSR count). The predicted molar refractivity (Wildman–Crippen MR) is 75.2 cm³/mol. The molecule has 1 heterocycles. The number of alkyl halides is 1. The first-order chi connectivity index (χ1) is 8.58. The quantitative estimate of drug-likeness (QED) is 0.763. The molecule has 0 bridgehead atoms. The van der Waals surface area contributed by atoms with E-state index in [9.17, 15) is 4.79 Å². The summed E-state index contributed by atoms with van der Waals surface area (Å²) in [7, 11) is 0. The molecule has 1 saturated heterocycles. The van der Waals surface area contributed by atoms with Crippen LogP contribution in [0.25, 0.3) is 0 Å². The maximum atomic E-state index is 12.2. The number of hydrogen-bond acceptors (Lipinski definition) is 1. The van der Waals surface area contributed by atoms with E-state index in [1.54, 1.807) is 0 Å². The molecule has 4 heteroatoms. The lowest BCUT2D eigenvalue weighted by atomic mass is 9.99. The number of benzene rings is 1. The summed E-state index contributed by atoms with van der Waals surface area (Å²) >= 11 is 12.2. The molecule has 1 aromatic rings. The van der Waals surface area contributed by atoms with Gasteiger partial charge in [-0.3, -0.25) is 4.79 Å². The van der Waals surface area contributed by atoms with Crippen LogP contribution in [0.2, 0.25) is 5.02 Å². The van der Waals surface area contributed by atoms with Crippen molar-refractivity contribution in [3.05, 3.63) is 34.9 Å². The number of halogens is 2. The van der Waals surface area contributed by atoms with Gasteiger partial charge in [0.25, 0.3) is 0 Å². The highest BCUT2D eigenvalue weighted by Gasteiger charge is 2.27. The summed E-state index contributed by atoms with van der Waals surface area (Å²) in [5, 5.41) is 0.848. The highest BCUT2D eigenvalue weighted by atomic mass is 35.5. The van der Waals surface area contributed by atoms with Crippen molar-refractivity contribution in [1.29, 1.82) is 0 Å². The molecule has 0 saturated carbocycles. The van der Waals surface area contributed by atoms with Crippen LogP contribution in [0.4, 0.5) is 0 Å². The van der Waals surface area contributed by atoms with Gasteiger partial charge in [0.15, 0.2) is 0 Å². The van der Waals surface area contributed by atoms with E-state index < -0.39 is 0 Å². The zero-order chi connectivity index (χ0) is 13.1. The number of amides is 1. The summed E-state index contributed by atoms with van der Waals surface area (Å²) in [6.07, 6.45) is 1.25. The summed E-state index contributed by atoms with van der Waals surface area (Å²) in [6, 6.07) is 7.50. The first kappa shape index (κ1) is 13.7. The van der Waals surface area contributed by atoms with Crippen molar-refractivity contribution in [2.24, 2.45) is 5.92 Å². The van der Waals surface area contributed by atoms with E-state index in [4.69, 9.17) is 23.2 Å². The third kappa shape index (κ3) is 3.18. The number of carbonyl (C=O) groups is 1. The molecule has 1 aliphatic rings. The van der Waals surface area contributed by atoms with Crippen molar-refractivity contribution in [2.45, 2.75) is 25.1 Å². The fraction of sp³-hybridized carbons (Fsp3) is 0.500. The molecule has 98 valence electrons. The lowest BCUT2D eigenvalue weighted by Gasteiger charge is -2.34. The number of piperidine rings is 1. The van der Waals surface area contributed by atoms with Crippen molar-refractivity contribution < 1.29 is 4.79 Å². The van der Waals surface area contributed by atoms with E-state index in [2.05, 4.69) is 6.92 Å². The van der Waals surface area contributed by atoms with Crippen molar-refractivity contribution in [3.63, 3.8) is 0 Å². The lowest BCUT2D eigenvalue weighted by Crippen LogP contribution is -2.44. The average molecular weight is 286 g/mol. The predicted octanol–water partition coefficient (Wildman–Crippen LogP) is 3.36. The van der Waals surface area contributed by atoms with Crippen LogP contribution >= 0.6 is 23.2 Å². The molecular formula is C14H17Cl2NO. The maximum absolute atomic E-state index is 12.2. The summed E-state index contributed by atoms with van der Waals surface area (Å²) < 4.78 is 0. The van der Waals surface area contributed by atoms with Gasteiger partial charge in [-0.1, -0.05) is 36.7 Å². The van der Waals surface area contributed by atoms with Gasteiger partial charge in [-0.25, -0.2) is 0 Å². The van der Waals surface area contributed by atoms with Crippen LogP contribution in [0.3, 0.4) is 0 Å². The van der Waals surface area contributed by atoms with Crippen LogP contribution in [0.15, 0.2) is 24.3 Å². The summed E-state index contributed by atoms with van der Waals surface area (Å²) in [6.45, 7) is 3.59. The van der Waals surface area contributed by atoms with Gasteiger partial charge in [0.2, 0.25) is 5.91 Å². The van der Waals surface area contributed by atoms with E-state index in [1.165, 1.54) is 0 Å². The van der Waals surface area contributed by atoms with Crippen molar-refractivity contribution in [1.82, 2.24) is 4.90 Å². The Kier molecular flexibility index (Phi) is 4.52. The van der Waals surface area contributed by atoms with E-state index >= 15 is 0 Å². The molecule has 0 aliphatic carbocycles. The number of carbonyl (C=O) groups excluding carboxylic acids is 1. The van der Waals surface area contributed by atoms with Crippen LogP contribution in [-0.2, 0) is 11.2 Å². The normalized spacial score (nSPS) is 24.1. The number of nitrogens with zero attached hydrogens (tertiary/aromatic N) is 1. The minimum atomic E-state index is 0.138. The summed E-state index contributed by atoms with van der Waals surface area (Å²) in [4.78, 5) is 14.1. The van der Waals surface area contributed by atoms with Gasteiger partial charge < -0.3 is 4.90 Å². The molecule has 0 spiro atoms. The second kappa shape index (κ2) is 5.94. The Hall–Kier alpha value is -0.730. The molecule has 1 fully saturated rings. The lowest BCUT2D eigenvalue weighted by molar-refractivity contribution is -0.132. The standard InChI is InChI=1S/C14H17Cl2NO/c1-10-9-17(7-6-12(10)15)14(18)8-11-4-2-3-5-13(11)16/h2-5,10,12H,6-9H2,1H3. The van der Waals surface area contributed by atoms with Gasteiger partial charge >= 0.3 is 0 Å². The Bertz CT molecular complexity index is 436. The van der Waals surface area contributed by atoms with E-state index in [-0.39, 0.29) is 11.3 Å². The Balaban J connectivity index is 1.99. The Morgan fingerprint density at radius 2 is 2.17 bits per heavy atom. The average Bonchev–Trinajstić information content (AvgIpc) is 2.35. The van der Waals surface area contributed by atoms with Crippen LogP contribution in [0, 0.1) is 5.92 Å². The fourth-order valence-electron chi connectivity index (χ4n) is 2.26. The molecule has 1 aromatic carbocycles. The van der Waals surface area contributed by atoms with Crippen molar-refractivity contribution in [3.8, 4) is 0 Å². The SMILES string of the molecule is CC1CN(C(=O)Cc2ccccc2Cl)CCC1Cl. The van der Waals surface area contributed by atoms with Crippen LogP contribution in [0.1, 0.15) is 18.9 Å². The van der Waals surface area contributed by atoms with Gasteiger partial charge in [-0.05, 0) is 24.0 Å². The maximum Gasteiger partial charge on any atom is 0.227 e. The molecule has 18 heavy (non-hydrogen) atoms. The zero-order valence-corrected chi connectivity index (χ0v) is 11.9. The fourth-order valence-corrected chi connectivity index (χ4v) is 2.64. The third-order valence-electron chi connectivity index (χ3n) is 3.45. The monoisotopic (exact) mass is 285 g/mol. The smallest absolute Gasteiger partial charge is 0.227 e. The van der Waals surface area contributed by atoms with Gasteiger partial charge in [0.1, 0.15) is 0 Å². The van der Waals surface area contributed by atoms with Crippen molar-refractivity contribution in [2.75, 3.05) is 13.1 Å². The first-order valence-electron chi connectivity index (χ1n) is 6.23. The van der Waals surface area contributed by atoms with Gasteiger partial charge in [-0.2, -0.15) is 0 Å². The van der Waals surface area contributed by atoms with Gasteiger partial charge in [0.05, 0.1) is 6.42 Å². The molecule has 2 atom stereocenters. The molecular weight excluding hydrogens is 269 g/mol. The highest BCUT2D eigenvalue weighted by molar-refractivity contribution is 6.31. The Morgan fingerprint density at radius 3 is 2.83 bits per heavy atom. The van der Waals surface area contributed by atoms with Gasteiger partial charge in [0, 0.05) is 23.5 Å². The summed E-state index contributed by atoms with van der Waals surface area (Å²) in [5.74, 6) is 0.495. The molecule has 2 unspecified atom stereocenters. The molecule has 0 radical (unpaired) electrons. The molecule has 0 aromatic heterocycles. The third-order valence-corrected chi connectivity index (χ3v) is 4.47. The van der Waals surface area contributed by atoms with E-state index in [0.717, 1.165) is 25.1 Å². The second-order valence-electron chi connectivity index (χ2n) is 4.89. The van der Waals surface area contributed by atoms with Crippen LogP contribution in [0.5, 0.6) is 0 Å². The molecule has 0 N–H and O–H groups in total. The van der Waals surface area contributed by atoms with Crippen molar-refractivity contribution >= 4 is 29.1 Å². The first-order valence-corrected chi connectivity index (χ1v) is 7.04. The van der Waals surface area contributed by atoms with Crippen LogP contribution in [-0.4, -0.2) is 29.3 Å². The molecule has 1 aliphatic heterocycles. The minimum Gasteiger partial charge on any atom is -0.342 e. The minimum absolute atomic E-state index is 0.138. The van der Waals surface area contributed by atoms with Gasteiger partial charge in [-0.15, -0.1) is 11.6 Å². The topological polar surface area (TPSA) is 20.3 Å². The number of rotatable bonds is 2. The Morgan fingerprint density at radius 1 is 1.44 bits per heavy atom. The summed E-state index contributed by atoms with van der Waals surface area (Å²) in [5.41, 5.74) is 0.893. The van der Waals surface area contributed by atoms with E-state index in [1.807, 2.05) is 29.2 Å². The Labute approximate surface area is 118 Å². The highest BCUT2D eigenvalue weighted by Crippen LogP contribution is 2.23. The van der Waals surface area contributed by atoms with Crippen LogP contribution < -0.4 is 0 Å². The largest absolute Gasteiger partial charge is 0.342 e. The van der Waals surface area contributed by atoms with E-state index in [0.29, 0.717) is 17.4 Å². The molecule has 1 amide bonds. The molecule has 2 nitrogen and oxygen atoms in total. The zero-order valence-electron chi connectivity index (χ0n) is 10.4. The second-order valence-corrected chi connectivity index (χ2v) is 5.86. The number of hydrogen-bond donors (Lipinski definition) is 0. The number of likely N-dealkylation sites (tertiary alicyclic amines) is 1.